The van der Waals surface area contributed by atoms with Crippen LogP contribution in [-0.4, -0.2) is 20.6 Å². The van der Waals surface area contributed by atoms with Crippen molar-refractivity contribution in [1.82, 2.24) is 14.0 Å². The second-order valence-electron chi connectivity index (χ2n) is 8.16. The molecule has 2 aromatic carbocycles. The Hall–Kier alpha value is -3.38. The van der Waals surface area contributed by atoms with Crippen LogP contribution >= 0.6 is 11.3 Å². The molecule has 3 heterocycles. The predicted octanol–water partition coefficient (Wildman–Crippen LogP) is 4.88. The number of ether oxygens (including phenoxy) is 1. The number of rotatable bonds is 4. The molecule has 3 aromatic heterocycles. The topological polar surface area (TPSA) is 48.5 Å². The van der Waals surface area contributed by atoms with Crippen LogP contribution in [0.3, 0.4) is 0 Å². The van der Waals surface area contributed by atoms with Crippen LogP contribution in [-0.2, 0) is 0 Å². The average molecular weight is 444 g/mol. The molecule has 0 fully saturated rings. The van der Waals surface area contributed by atoms with Crippen LogP contribution in [0.5, 0.6) is 5.75 Å². The fourth-order valence-electron chi connectivity index (χ4n) is 4.25. The smallest absolute Gasteiger partial charge is 0.274 e. The molecule has 0 aliphatic heterocycles. The van der Waals surface area contributed by atoms with Crippen molar-refractivity contribution < 1.29 is 4.74 Å². The number of nitrogens with zero attached hydrogens (tertiary/aromatic N) is 3. The monoisotopic (exact) mass is 443 g/mol. The summed E-state index contributed by atoms with van der Waals surface area (Å²) in [6.45, 7) is 10.9. The van der Waals surface area contributed by atoms with Gasteiger partial charge in [0, 0.05) is 17.1 Å². The van der Waals surface area contributed by atoms with Gasteiger partial charge in [0.15, 0.2) is 4.96 Å². The Kier molecular flexibility index (Phi) is 4.90. The van der Waals surface area contributed by atoms with Gasteiger partial charge >= 0.3 is 0 Å². The van der Waals surface area contributed by atoms with Crippen molar-refractivity contribution in [2.75, 3.05) is 6.61 Å². The lowest BCUT2D eigenvalue weighted by molar-refractivity contribution is 0.340. The summed E-state index contributed by atoms with van der Waals surface area (Å²) in [7, 11) is 0. The number of aromatic nitrogens is 3. The van der Waals surface area contributed by atoms with Crippen molar-refractivity contribution in [3.63, 3.8) is 0 Å². The van der Waals surface area contributed by atoms with Gasteiger partial charge in [-0.15, -0.1) is 0 Å². The molecule has 0 amide bonds. The van der Waals surface area contributed by atoms with Crippen LogP contribution in [0, 0.1) is 27.7 Å². The maximum atomic E-state index is 13.3. The first-order valence-electron chi connectivity index (χ1n) is 10.7. The highest BCUT2D eigenvalue weighted by molar-refractivity contribution is 7.15. The zero-order chi connectivity index (χ0) is 22.6. The number of hydrogen-bond acceptors (Lipinski definition) is 4. The first kappa shape index (κ1) is 20.5. The van der Waals surface area contributed by atoms with E-state index < -0.39 is 0 Å². The van der Waals surface area contributed by atoms with E-state index in [0.29, 0.717) is 11.1 Å². The molecule has 5 nitrogen and oxygen atoms in total. The minimum Gasteiger partial charge on any atom is -0.494 e. The highest BCUT2D eigenvalue weighted by Gasteiger charge is 2.14. The van der Waals surface area contributed by atoms with E-state index in [-0.39, 0.29) is 5.56 Å². The van der Waals surface area contributed by atoms with Crippen molar-refractivity contribution >= 4 is 33.4 Å². The van der Waals surface area contributed by atoms with Crippen LogP contribution < -0.4 is 14.8 Å². The molecule has 32 heavy (non-hydrogen) atoms. The van der Waals surface area contributed by atoms with Gasteiger partial charge in [-0.25, -0.2) is 9.38 Å². The molecular formula is C26H25N3O2S. The number of thiazole rings is 1. The van der Waals surface area contributed by atoms with Crippen LogP contribution in [0.2, 0.25) is 0 Å². The van der Waals surface area contributed by atoms with E-state index in [1.54, 1.807) is 4.40 Å². The Labute approximate surface area is 190 Å². The summed E-state index contributed by atoms with van der Waals surface area (Å²) in [5.74, 6) is 0.862. The minimum absolute atomic E-state index is 0.0124. The zero-order valence-corrected chi connectivity index (χ0v) is 19.7. The molecule has 0 unspecified atom stereocenters. The number of fused-ring (bicyclic) bond motifs is 3. The highest BCUT2D eigenvalue weighted by Crippen LogP contribution is 2.24. The number of hydrogen-bond donors (Lipinski definition) is 0. The molecular weight excluding hydrogens is 418 g/mol. The van der Waals surface area contributed by atoms with Crippen molar-refractivity contribution in [1.29, 1.82) is 0 Å². The van der Waals surface area contributed by atoms with Gasteiger partial charge in [-0.3, -0.25) is 4.79 Å². The maximum absolute atomic E-state index is 13.3. The number of imidazole rings is 1. The maximum Gasteiger partial charge on any atom is 0.274 e. The molecule has 0 N–H and O–H groups in total. The molecule has 5 rings (SSSR count). The van der Waals surface area contributed by atoms with Gasteiger partial charge < -0.3 is 9.30 Å². The Morgan fingerprint density at radius 3 is 2.47 bits per heavy atom. The van der Waals surface area contributed by atoms with Crippen molar-refractivity contribution in [3.8, 4) is 11.4 Å². The quantitative estimate of drug-likeness (QED) is 0.398. The molecule has 0 aliphatic rings. The first-order valence-corrected chi connectivity index (χ1v) is 11.5. The third-order valence-corrected chi connectivity index (χ3v) is 6.99. The Bertz CT molecular complexity index is 1590. The normalized spacial score (nSPS) is 12.3. The van der Waals surface area contributed by atoms with Gasteiger partial charge in [0.25, 0.3) is 5.56 Å². The first-order chi connectivity index (χ1) is 15.4. The van der Waals surface area contributed by atoms with Gasteiger partial charge in [0.1, 0.15) is 5.75 Å². The van der Waals surface area contributed by atoms with E-state index in [1.807, 2.05) is 25.1 Å². The minimum atomic E-state index is -0.0124. The lowest BCUT2D eigenvalue weighted by Gasteiger charge is -2.11. The summed E-state index contributed by atoms with van der Waals surface area (Å²) >= 11 is 1.44. The number of benzene rings is 2. The van der Waals surface area contributed by atoms with Gasteiger partial charge in [0.2, 0.25) is 0 Å². The number of aryl methyl sites for hydroxylation is 3. The molecule has 0 saturated heterocycles. The predicted molar refractivity (Wildman–Crippen MR) is 132 cm³/mol. The summed E-state index contributed by atoms with van der Waals surface area (Å²) in [4.78, 5) is 18.7. The Balaban J connectivity index is 1.62. The highest BCUT2D eigenvalue weighted by atomic mass is 32.1. The molecule has 0 bridgehead atoms. The van der Waals surface area contributed by atoms with Crippen molar-refractivity contribution in [3.05, 3.63) is 85.4 Å². The van der Waals surface area contributed by atoms with Crippen LogP contribution in [0.1, 0.15) is 35.0 Å². The average Bonchev–Trinajstić information content (AvgIpc) is 3.35. The molecule has 0 aliphatic carbocycles. The summed E-state index contributed by atoms with van der Waals surface area (Å²) in [6.07, 6.45) is 1.99. The van der Waals surface area contributed by atoms with Gasteiger partial charge in [-0.1, -0.05) is 11.3 Å². The summed E-state index contributed by atoms with van der Waals surface area (Å²) < 4.78 is 10.2. The van der Waals surface area contributed by atoms with Crippen LogP contribution in [0.25, 0.3) is 27.8 Å². The molecule has 5 aromatic rings. The van der Waals surface area contributed by atoms with Crippen molar-refractivity contribution in [2.24, 2.45) is 0 Å². The van der Waals surface area contributed by atoms with E-state index in [1.165, 1.54) is 16.9 Å². The van der Waals surface area contributed by atoms with Crippen LogP contribution in [0.15, 0.2) is 47.3 Å². The lowest BCUT2D eigenvalue weighted by Crippen LogP contribution is -2.22. The third kappa shape index (κ3) is 3.22. The molecule has 0 saturated carbocycles. The molecule has 0 radical (unpaired) electrons. The third-order valence-electron chi connectivity index (χ3n) is 6.02. The van der Waals surface area contributed by atoms with E-state index in [0.717, 1.165) is 49.9 Å². The second kappa shape index (κ2) is 7.64. The Morgan fingerprint density at radius 2 is 1.75 bits per heavy atom. The SMILES string of the molecule is CCOc1ccc(-n2c(C)cc(/C=c3\sc4nc5cc(C)c(C)cc5n4c3=O)c2C)cc1. The fraction of sp³-hybridized carbons (Fsp3) is 0.231. The molecule has 0 spiro atoms. The zero-order valence-electron chi connectivity index (χ0n) is 18.9. The molecule has 162 valence electrons. The molecule has 6 heteroatoms. The van der Waals surface area contributed by atoms with E-state index >= 15 is 0 Å². The van der Waals surface area contributed by atoms with E-state index in [4.69, 9.17) is 9.72 Å². The summed E-state index contributed by atoms with van der Waals surface area (Å²) in [5, 5.41) is 0. The second-order valence-corrected chi connectivity index (χ2v) is 9.17. The Morgan fingerprint density at radius 1 is 1.03 bits per heavy atom. The van der Waals surface area contributed by atoms with Gasteiger partial charge in [-0.05, 0) is 99.8 Å². The van der Waals surface area contributed by atoms with Gasteiger partial charge in [-0.2, -0.15) is 0 Å². The van der Waals surface area contributed by atoms with Crippen LogP contribution in [0.4, 0.5) is 0 Å². The lowest BCUT2D eigenvalue weighted by atomic mass is 10.1. The largest absolute Gasteiger partial charge is 0.494 e. The summed E-state index contributed by atoms with van der Waals surface area (Å²) in [5.41, 5.74) is 8.40. The van der Waals surface area contributed by atoms with Gasteiger partial charge in [0.05, 0.1) is 22.2 Å². The fourth-order valence-corrected chi connectivity index (χ4v) is 5.23. The van der Waals surface area contributed by atoms with E-state index in [2.05, 4.69) is 62.6 Å². The van der Waals surface area contributed by atoms with E-state index in [9.17, 15) is 4.79 Å². The summed E-state index contributed by atoms with van der Waals surface area (Å²) in [6, 6.07) is 14.3. The molecule has 0 atom stereocenters. The van der Waals surface area contributed by atoms with Crippen molar-refractivity contribution in [2.45, 2.75) is 34.6 Å². The standard InChI is InChI=1S/C26H25N3O2S/c1-6-31-21-9-7-20(8-10-21)28-17(4)13-19(18(28)5)14-24-25(30)29-23-12-16(3)15(2)11-22(23)27-26(29)32-24/h7-14H,6H2,1-5H3/b24-14-.